The van der Waals surface area contributed by atoms with E-state index in [4.69, 9.17) is 4.74 Å². The third-order valence-corrected chi connectivity index (χ3v) is 3.70. The maximum absolute atomic E-state index is 12.4. The van der Waals surface area contributed by atoms with Crippen LogP contribution in [-0.2, 0) is 9.53 Å². The van der Waals surface area contributed by atoms with E-state index >= 15 is 0 Å². The Morgan fingerprint density at radius 3 is 2.63 bits per heavy atom. The average molecular weight is 270 g/mol. The SMILES string of the molecule is CCCN1CCCC(NC(C)C)(C(=O)OCC)CC1. The summed E-state index contributed by atoms with van der Waals surface area (Å²) in [4.78, 5) is 14.8. The lowest BCUT2D eigenvalue weighted by Gasteiger charge is -2.33. The third-order valence-electron chi connectivity index (χ3n) is 3.70. The molecule has 0 spiro atoms. The number of likely N-dealkylation sites (tertiary alicyclic amines) is 1. The Bertz CT molecular complexity index is 281. The molecule has 1 rings (SSSR count). The van der Waals surface area contributed by atoms with Crippen molar-refractivity contribution in [3.8, 4) is 0 Å². The maximum atomic E-state index is 12.4. The molecule has 1 atom stereocenters. The van der Waals surface area contributed by atoms with Crippen molar-refractivity contribution in [3.63, 3.8) is 0 Å². The minimum atomic E-state index is -0.479. The molecule has 1 saturated heterocycles. The Kier molecular flexibility index (Phi) is 6.80. The highest BCUT2D eigenvalue weighted by atomic mass is 16.5. The fraction of sp³-hybridized carbons (Fsp3) is 0.933. The van der Waals surface area contributed by atoms with E-state index in [1.165, 1.54) is 6.42 Å². The van der Waals surface area contributed by atoms with Crippen LogP contribution in [-0.4, -0.2) is 48.7 Å². The Labute approximate surface area is 117 Å². The van der Waals surface area contributed by atoms with Crippen LogP contribution in [0.25, 0.3) is 0 Å². The maximum Gasteiger partial charge on any atom is 0.326 e. The van der Waals surface area contributed by atoms with Crippen molar-refractivity contribution in [2.45, 2.75) is 65.0 Å². The van der Waals surface area contributed by atoms with E-state index < -0.39 is 5.54 Å². The van der Waals surface area contributed by atoms with E-state index in [9.17, 15) is 4.79 Å². The molecule has 1 fully saturated rings. The number of hydrogen-bond acceptors (Lipinski definition) is 4. The first-order valence-electron chi connectivity index (χ1n) is 7.71. The number of ether oxygens (including phenoxy) is 1. The van der Waals surface area contributed by atoms with Gasteiger partial charge in [-0.1, -0.05) is 6.92 Å². The Morgan fingerprint density at radius 1 is 1.32 bits per heavy atom. The van der Waals surface area contributed by atoms with Crippen molar-refractivity contribution in [1.82, 2.24) is 10.2 Å². The average Bonchev–Trinajstić information content (AvgIpc) is 2.53. The van der Waals surface area contributed by atoms with E-state index in [1.807, 2.05) is 6.92 Å². The van der Waals surface area contributed by atoms with Gasteiger partial charge in [-0.2, -0.15) is 0 Å². The smallest absolute Gasteiger partial charge is 0.326 e. The zero-order valence-electron chi connectivity index (χ0n) is 13.0. The summed E-state index contributed by atoms with van der Waals surface area (Å²) in [6, 6.07) is 0.294. The molecule has 1 unspecified atom stereocenters. The second-order valence-corrected chi connectivity index (χ2v) is 5.80. The first kappa shape index (κ1) is 16.4. The molecule has 0 aromatic heterocycles. The predicted octanol–water partition coefficient (Wildman–Crippen LogP) is 2.18. The van der Waals surface area contributed by atoms with Gasteiger partial charge in [0, 0.05) is 12.6 Å². The van der Waals surface area contributed by atoms with Crippen molar-refractivity contribution < 1.29 is 9.53 Å². The minimum absolute atomic E-state index is 0.0675. The van der Waals surface area contributed by atoms with Gasteiger partial charge in [0.2, 0.25) is 0 Å². The molecule has 4 nitrogen and oxygen atoms in total. The lowest BCUT2D eigenvalue weighted by Crippen LogP contribution is -2.56. The summed E-state index contributed by atoms with van der Waals surface area (Å²) in [6.07, 6.45) is 3.96. The zero-order chi connectivity index (χ0) is 14.3. The van der Waals surface area contributed by atoms with Gasteiger partial charge in [-0.05, 0) is 59.5 Å². The van der Waals surface area contributed by atoms with Gasteiger partial charge in [-0.25, -0.2) is 0 Å². The Balaban J connectivity index is 2.76. The molecule has 1 heterocycles. The summed E-state index contributed by atoms with van der Waals surface area (Å²) in [5, 5.41) is 3.48. The number of nitrogens with one attached hydrogen (secondary N) is 1. The third kappa shape index (κ3) is 4.77. The first-order valence-corrected chi connectivity index (χ1v) is 7.71. The van der Waals surface area contributed by atoms with Crippen LogP contribution in [0.15, 0.2) is 0 Å². The second-order valence-electron chi connectivity index (χ2n) is 5.80. The molecule has 0 saturated carbocycles. The van der Waals surface area contributed by atoms with Crippen LogP contribution in [0.2, 0.25) is 0 Å². The molecule has 1 aliphatic rings. The fourth-order valence-electron chi connectivity index (χ4n) is 2.96. The van der Waals surface area contributed by atoms with Gasteiger partial charge in [0.1, 0.15) is 5.54 Å². The number of rotatable bonds is 6. The topological polar surface area (TPSA) is 41.6 Å². The molecule has 0 bridgehead atoms. The summed E-state index contributed by atoms with van der Waals surface area (Å²) < 4.78 is 5.32. The minimum Gasteiger partial charge on any atom is -0.465 e. The lowest BCUT2D eigenvalue weighted by atomic mass is 9.89. The molecule has 0 radical (unpaired) electrons. The van der Waals surface area contributed by atoms with Gasteiger partial charge in [0.25, 0.3) is 0 Å². The molecule has 19 heavy (non-hydrogen) atoms. The van der Waals surface area contributed by atoms with Crippen molar-refractivity contribution >= 4 is 5.97 Å². The van der Waals surface area contributed by atoms with Crippen LogP contribution in [0.4, 0.5) is 0 Å². The van der Waals surface area contributed by atoms with E-state index in [0.29, 0.717) is 12.6 Å². The summed E-state index contributed by atoms with van der Waals surface area (Å²) in [7, 11) is 0. The molecule has 1 aliphatic heterocycles. The largest absolute Gasteiger partial charge is 0.465 e. The van der Waals surface area contributed by atoms with Crippen LogP contribution >= 0.6 is 0 Å². The van der Waals surface area contributed by atoms with Crippen LogP contribution in [0, 0.1) is 0 Å². The molecule has 0 aromatic carbocycles. The molecule has 4 heteroatoms. The van der Waals surface area contributed by atoms with Crippen LogP contribution in [0.1, 0.15) is 53.4 Å². The lowest BCUT2D eigenvalue weighted by molar-refractivity contribution is -0.152. The van der Waals surface area contributed by atoms with Crippen LogP contribution in [0.5, 0.6) is 0 Å². The Hall–Kier alpha value is -0.610. The summed E-state index contributed by atoms with van der Waals surface area (Å²) in [6.45, 7) is 11.9. The highest BCUT2D eigenvalue weighted by Crippen LogP contribution is 2.25. The molecular weight excluding hydrogens is 240 g/mol. The molecule has 112 valence electrons. The van der Waals surface area contributed by atoms with Gasteiger partial charge >= 0.3 is 5.97 Å². The standard InChI is InChI=1S/C15H30N2O2/c1-5-10-17-11-7-8-15(9-12-17,16-13(3)4)14(18)19-6-2/h13,16H,5-12H2,1-4H3. The van der Waals surface area contributed by atoms with Gasteiger partial charge in [-0.15, -0.1) is 0 Å². The number of carbonyl (C=O) groups is 1. The zero-order valence-corrected chi connectivity index (χ0v) is 13.0. The van der Waals surface area contributed by atoms with Crippen molar-refractivity contribution in [2.24, 2.45) is 0 Å². The van der Waals surface area contributed by atoms with Crippen LogP contribution < -0.4 is 5.32 Å². The number of hydrogen-bond donors (Lipinski definition) is 1. The fourth-order valence-corrected chi connectivity index (χ4v) is 2.96. The summed E-state index contributed by atoms with van der Waals surface area (Å²) in [5.74, 6) is -0.0675. The van der Waals surface area contributed by atoms with Gasteiger partial charge in [-0.3, -0.25) is 10.1 Å². The van der Waals surface area contributed by atoms with Gasteiger partial charge in [0.05, 0.1) is 6.61 Å². The monoisotopic (exact) mass is 270 g/mol. The highest BCUT2D eigenvalue weighted by Gasteiger charge is 2.41. The Morgan fingerprint density at radius 2 is 2.05 bits per heavy atom. The number of nitrogens with zero attached hydrogens (tertiary/aromatic N) is 1. The molecule has 0 aromatic rings. The number of carbonyl (C=O) groups excluding carboxylic acids is 1. The molecule has 1 N–H and O–H groups in total. The molecule has 0 aliphatic carbocycles. The number of esters is 1. The van der Waals surface area contributed by atoms with Gasteiger partial charge in [0.15, 0.2) is 0 Å². The summed E-state index contributed by atoms with van der Waals surface area (Å²) >= 11 is 0. The normalized spacial score (nSPS) is 25.3. The van der Waals surface area contributed by atoms with Crippen molar-refractivity contribution in [2.75, 3.05) is 26.2 Å². The summed E-state index contributed by atoms with van der Waals surface area (Å²) in [5.41, 5.74) is -0.479. The second kappa shape index (κ2) is 7.85. The van der Waals surface area contributed by atoms with E-state index in [-0.39, 0.29) is 5.97 Å². The molecule has 0 amide bonds. The van der Waals surface area contributed by atoms with Crippen molar-refractivity contribution in [3.05, 3.63) is 0 Å². The molecular formula is C15H30N2O2. The van der Waals surface area contributed by atoms with E-state index in [0.717, 1.165) is 38.9 Å². The van der Waals surface area contributed by atoms with Crippen molar-refractivity contribution in [1.29, 1.82) is 0 Å². The highest BCUT2D eigenvalue weighted by molar-refractivity contribution is 5.81. The van der Waals surface area contributed by atoms with Gasteiger partial charge < -0.3 is 9.64 Å². The van der Waals surface area contributed by atoms with E-state index in [2.05, 4.69) is 31.0 Å². The predicted molar refractivity (Wildman–Crippen MR) is 78.2 cm³/mol. The first-order chi connectivity index (χ1) is 9.04. The van der Waals surface area contributed by atoms with Crippen LogP contribution in [0.3, 0.4) is 0 Å². The van der Waals surface area contributed by atoms with E-state index in [1.54, 1.807) is 0 Å². The quantitative estimate of drug-likeness (QED) is 0.751.